The number of hydrogen-bond donors (Lipinski definition) is 1. The summed E-state index contributed by atoms with van der Waals surface area (Å²) in [7, 11) is 0. The van der Waals surface area contributed by atoms with E-state index >= 15 is 0 Å². The molecule has 1 aliphatic heterocycles. The molecule has 0 amide bonds. The van der Waals surface area contributed by atoms with Gasteiger partial charge in [-0.05, 0) is 17.7 Å². The molecule has 106 valence electrons. The quantitative estimate of drug-likeness (QED) is 0.875. The third-order valence-corrected chi connectivity index (χ3v) is 4.86. The maximum absolute atomic E-state index is 6.14. The second kappa shape index (κ2) is 6.35. The van der Waals surface area contributed by atoms with E-state index in [0.29, 0.717) is 27.1 Å². The molecule has 0 saturated carbocycles. The van der Waals surface area contributed by atoms with E-state index in [1.165, 1.54) is 18.2 Å². The van der Waals surface area contributed by atoms with Crippen molar-refractivity contribution in [3.63, 3.8) is 0 Å². The third kappa shape index (κ3) is 3.11. The topological polar surface area (TPSA) is 55.5 Å². The van der Waals surface area contributed by atoms with Crippen LogP contribution in [0.15, 0.2) is 27.8 Å². The Labute approximate surface area is 131 Å². The first-order chi connectivity index (χ1) is 9.74. The van der Waals surface area contributed by atoms with Crippen LogP contribution in [-0.2, 0) is 5.75 Å². The first kappa shape index (κ1) is 14.2. The van der Waals surface area contributed by atoms with Crippen molar-refractivity contribution in [1.82, 2.24) is 10.2 Å². The highest BCUT2D eigenvalue weighted by molar-refractivity contribution is 7.98. The molecule has 0 spiro atoms. The fourth-order valence-electron chi connectivity index (χ4n) is 2.23. The Kier molecular flexibility index (Phi) is 4.51. The number of benzene rings is 1. The average molecular weight is 331 g/mol. The molecule has 1 aromatic carbocycles. The Balaban J connectivity index is 1.66. The standard InChI is InChI=1S/C13H13Cl2N3OS/c14-9-3-1-4-10(15)8(9)7-20-13-18-17-12(19-13)11-5-2-6-16-11/h1,3-4,11,16H,2,5-7H2/p+1/t11-/m0/s1. The van der Waals surface area contributed by atoms with Gasteiger partial charge in [0.1, 0.15) is 0 Å². The molecule has 2 N–H and O–H groups in total. The lowest BCUT2D eigenvalue weighted by molar-refractivity contribution is -0.678. The fourth-order valence-corrected chi connectivity index (χ4v) is 3.74. The van der Waals surface area contributed by atoms with Crippen LogP contribution in [0.5, 0.6) is 0 Å². The van der Waals surface area contributed by atoms with Crippen LogP contribution in [0.25, 0.3) is 0 Å². The minimum absolute atomic E-state index is 0.320. The van der Waals surface area contributed by atoms with Gasteiger partial charge >= 0.3 is 0 Å². The highest BCUT2D eigenvalue weighted by Crippen LogP contribution is 2.31. The third-order valence-electron chi connectivity index (χ3n) is 3.31. The van der Waals surface area contributed by atoms with Gasteiger partial charge in [-0.15, -0.1) is 10.2 Å². The minimum Gasteiger partial charge on any atom is -0.410 e. The largest absolute Gasteiger partial charge is 0.410 e. The van der Waals surface area contributed by atoms with E-state index < -0.39 is 0 Å². The van der Waals surface area contributed by atoms with Crippen LogP contribution in [0.2, 0.25) is 10.0 Å². The SMILES string of the molecule is Clc1cccc(Cl)c1CSc1nnc([C@@H]2CCC[NH2+]2)o1. The summed E-state index contributed by atoms with van der Waals surface area (Å²) in [5.41, 5.74) is 0.896. The van der Waals surface area contributed by atoms with Gasteiger partial charge in [0.15, 0.2) is 6.04 Å². The van der Waals surface area contributed by atoms with E-state index in [1.54, 1.807) is 0 Å². The second-order valence-electron chi connectivity index (χ2n) is 4.67. The zero-order chi connectivity index (χ0) is 13.9. The molecule has 2 heterocycles. The first-order valence-corrected chi connectivity index (χ1v) is 8.20. The highest BCUT2D eigenvalue weighted by atomic mass is 35.5. The van der Waals surface area contributed by atoms with Crippen molar-refractivity contribution >= 4 is 35.0 Å². The molecule has 0 unspecified atom stereocenters. The summed E-state index contributed by atoms with van der Waals surface area (Å²) in [6.45, 7) is 1.13. The number of halogens is 2. The summed E-state index contributed by atoms with van der Waals surface area (Å²) in [5, 5.41) is 12.3. The Morgan fingerprint density at radius 2 is 2.10 bits per heavy atom. The van der Waals surface area contributed by atoms with Gasteiger partial charge < -0.3 is 9.73 Å². The number of rotatable bonds is 4. The molecular formula is C13H14Cl2N3OS+. The summed E-state index contributed by atoms with van der Waals surface area (Å²) in [6, 6.07) is 5.81. The fraction of sp³-hybridized carbons (Fsp3) is 0.385. The number of aromatic nitrogens is 2. The van der Waals surface area contributed by atoms with Crippen LogP contribution in [0, 0.1) is 0 Å². The molecule has 0 bridgehead atoms. The molecule has 2 aromatic rings. The van der Waals surface area contributed by atoms with Crippen molar-refractivity contribution in [3.05, 3.63) is 39.7 Å². The Bertz CT molecular complexity index is 579. The molecule has 4 nitrogen and oxygen atoms in total. The van der Waals surface area contributed by atoms with Crippen molar-refractivity contribution in [3.8, 4) is 0 Å². The van der Waals surface area contributed by atoms with Crippen molar-refractivity contribution in [2.45, 2.75) is 29.9 Å². The molecule has 20 heavy (non-hydrogen) atoms. The lowest BCUT2D eigenvalue weighted by Crippen LogP contribution is -2.81. The van der Waals surface area contributed by atoms with Gasteiger partial charge in [0.05, 0.1) is 6.54 Å². The Morgan fingerprint density at radius 3 is 2.80 bits per heavy atom. The molecule has 3 rings (SSSR count). The van der Waals surface area contributed by atoms with Crippen LogP contribution in [0.1, 0.15) is 30.3 Å². The maximum Gasteiger partial charge on any atom is 0.277 e. The summed E-state index contributed by atoms with van der Waals surface area (Å²) in [5.74, 6) is 1.34. The molecule has 0 radical (unpaired) electrons. The van der Waals surface area contributed by atoms with Gasteiger partial charge in [0.25, 0.3) is 11.1 Å². The van der Waals surface area contributed by atoms with Gasteiger partial charge in [0.2, 0.25) is 0 Å². The summed E-state index contributed by atoms with van der Waals surface area (Å²) >= 11 is 13.7. The Hall–Kier alpha value is -0.750. The van der Waals surface area contributed by atoms with Gasteiger partial charge in [-0.3, -0.25) is 0 Å². The predicted molar refractivity (Wildman–Crippen MR) is 79.1 cm³/mol. The lowest BCUT2D eigenvalue weighted by Gasteiger charge is -2.04. The normalized spacial score (nSPS) is 18.6. The predicted octanol–water partition coefficient (Wildman–Crippen LogP) is 3.07. The molecule has 7 heteroatoms. The molecule has 1 atom stereocenters. The molecule has 0 aliphatic carbocycles. The molecule has 1 aliphatic rings. The van der Waals surface area contributed by atoms with Crippen LogP contribution < -0.4 is 5.32 Å². The van der Waals surface area contributed by atoms with Gasteiger partial charge in [-0.25, -0.2) is 0 Å². The molecular weight excluding hydrogens is 317 g/mol. The molecule has 1 saturated heterocycles. The zero-order valence-corrected chi connectivity index (χ0v) is 13.0. The average Bonchev–Trinajstić information content (AvgIpc) is 3.09. The molecule has 1 fully saturated rings. The Morgan fingerprint density at radius 1 is 1.30 bits per heavy atom. The van der Waals surface area contributed by atoms with E-state index in [2.05, 4.69) is 15.5 Å². The number of thioether (sulfide) groups is 1. The smallest absolute Gasteiger partial charge is 0.277 e. The van der Waals surface area contributed by atoms with Crippen LogP contribution >= 0.6 is 35.0 Å². The van der Waals surface area contributed by atoms with E-state index in [4.69, 9.17) is 27.6 Å². The van der Waals surface area contributed by atoms with E-state index in [1.807, 2.05) is 18.2 Å². The second-order valence-corrected chi connectivity index (χ2v) is 6.41. The summed E-state index contributed by atoms with van der Waals surface area (Å²) in [6.07, 6.45) is 2.30. The molecule has 1 aromatic heterocycles. The highest BCUT2D eigenvalue weighted by Gasteiger charge is 2.26. The van der Waals surface area contributed by atoms with Crippen molar-refractivity contribution in [2.24, 2.45) is 0 Å². The monoisotopic (exact) mass is 330 g/mol. The number of nitrogens with zero attached hydrogens (tertiary/aromatic N) is 2. The van der Waals surface area contributed by atoms with E-state index in [0.717, 1.165) is 24.4 Å². The summed E-state index contributed by atoms with van der Waals surface area (Å²) < 4.78 is 5.69. The maximum atomic E-state index is 6.14. The van der Waals surface area contributed by atoms with Crippen LogP contribution in [0.4, 0.5) is 0 Å². The van der Waals surface area contributed by atoms with Crippen molar-refractivity contribution < 1.29 is 9.73 Å². The number of quaternary nitrogens is 1. The zero-order valence-electron chi connectivity index (χ0n) is 10.7. The lowest BCUT2D eigenvalue weighted by atomic mass is 10.2. The summed E-state index contributed by atoms with van der Waals surface area (Å²) in [4.78, 5) is 0. The first-order valence-electron chi connectivity index (χ1n) is 6.46. The van der Waals surface area contributed by atoms with Crippen molar-refractivity contribution in [1.29, 1.82) is 0 Å². The minimum atomic E-state index is 0.320. The number of nitrogens with two attached hydrogens (primary N) is 1. The van der Waals surface area contributed by atoms with Gasteiger partial charge in [-0.1, -0.05) is 41.0 Å². The van der Waals surface area contributed by atoms with Gasteiger partial charge in [-0.2, -0.15) is 0 Å². The van der Waals surface area contributed by atoms with Crippen LogP contribution in [-0.4, -0.2) is 16.7 Å². The van der Waals surface area contributed by atoms with E-state index in [-0.39, 0.29) is 0 Å². The van der Waals surface area contributed by atoms with Crippen molar-refractivity contribution in [2.75, 3.05) is 6.54 Å². The van der Waals surface area contributed by atoms with Gasteiger partial charge in [0, 0.05) is 28.6 Å². The van der Waals surface area contributed by atoms with Crippen LogP contribution in [0.3, 0.4) is 0 Å². The van der Waals surface area contributed by atoms with E-state index in [9.17, 15) is 0 Å². The number of hydrogen-bond acceptors (Lipinski definition) is 4.